The highest BCUT2D eigenvalue weighted by Gasteiger charge is 2.13. The van der Waals surface area contributed by atoms with Crippen molar-refractivity contribution in [2.24, 2.45) is 0 Å². The second kappa shape index (κ2) is 7.36. The van der Waals surface area contributed by atoms with Crippen molar-refractivity contribution in [3.05, 3.63) is 28.8 Å². The van der Waals surface area contributed by atoms with Crippen LogP contribution in [0.5, 0.6) is 0 Å². The number of carbonyl (C=O) groups excluding carboxylic acids is 1. The maximum atomic E-state index is 12.0. The molecular formula is C14H21ClN2O2. The third-order valence-electron chi connectivity index (χ3n) is 2.77. The molecule has 1 N–H and O–H groups in total. The van der Waals surface area contributed by atoms with Crippen molar-refractivity contribution in [2.75, 3.05) is 33.1 Å². The summed E-state index contributed by atoms with van der Waals surface area (Å²) in [7, 11) is 5.10. The summed E-state index contributed by atoms with van der Waals surface area (Å²) in [4.78, 5) is 13.5. The topological polar surface area (TPSA) is 41.6 Å². The smallest absolute Gasteiger partial charge is 0.254 e. The number of ether oxygens (including phenoxy) is 1. The zero-order chi connectivity index (χ0) is 14.4. The van der Waals surface area contributed by atoms with Crippen molar-refractivity contribution in [3.8, 4) is 0 Å². The van der Waals surface area contributed by atoms with Crippen LogP contribution in [0.25, 0.3) is 0 Å². The lowest BCUT2D eigenvalue weighted by molar-refractivity contribution is 0.0828. The van der Waals surface area contributed by atoms with Gasteiger partial charge in [0, 0.05) is 39.5 Å². The van der Waals surface area contributed by atoms with Gasteiger partial charge in [0.05, 0.1) is 10.6 Å². The fraction of sp³-hybridized carbons (Fsp3) is 0.500. The standard InChI is InChI=1S/C14H21ClN2O2/c1-10(7-8-19-4)16-11-5-6-13(15)12(9-11)14(18)17(2)3/h5-6,9-10,16H,7-8H2,1-4H3. The van der Waals surface area contributed by atoms with E-state index >= 15 is 0 Å². The molecule has 0 aromatic heterocycles. The lowest BCUT2D eigenvalue weighted by Gasteiger charge is -2.17. The maximum absolute atomic E-state index is 12.0. The lowest BCUT2D eigenvalue weighted by atomic mass is 10.1. The van der Waals surface area contributed by atoms with Crippen LogP contribution in [0.4, 0.5) is 5.69 Å². The van der Waals surface area contributed by atoms with E-state index in [9.17, 15) is 4.79 Å². The average Bonchev–Trinajstić information content (AvgIpc) is 2.37. The van der Waals surface area contributed by atoms with Gasteiger partial charge >= 0.3 is 0 Å². The summed E-state index contributed by atoms with van der Waals surface area (Å²) < 4.78 is 5.04. The highest BCUT2D eigenvalue weighted by Crippen LogP contribution is 2.22. The predicted octanol–water partition coefficient (Wildman–Crippen LogP) is 2.88. The molecule has 0 saturated heterocycles. The van der Waals surface area contributed by atoms with Crippen LogP contribution >= 0.6 is 11.6 Å². The minimum atomic E-state index is -0.0989. The predicted molar refractivity (Wildman–Crippen MR) is 79.0 cm³/mol. The molecule has 0 aliphatic carbocycles. The zero-order valence-electron chi connectivity index (χ0n) is 11.9. The number of hydrogen-bond acceptors (Lipinski definition) is 3. The first-order valence-electron chi connectivity index (χ1n) is 6.22. The van der Waals surface area contributed by atoms with Crippen molar-refractivity contribution < 1.29 is 9.53 Å². The lowest BCUT2D eigenvalue weighted by Crippen LogP contribution is -2.22. The monoisotopic (exact) mass is 284 g/mol. The molecule has 0 fully saturated rings. The summed E-state index contributed by atoms with van der Waals surface area (Å²) in [5.74, 6) is -0.0989. The molecule has 5 heteroatoms. The fourth-order valence-electron chi connectivity index (χ4n) is 1.67. The van der Waals surface area contributed by atoms with E-state index in [-0.39, 0.29) is 11.9 Å². The van der Waals surface area contributed by atoms with Gasteiger partial charge in [0.15, 0.2) is 0 Å². The van der Waals surface area contributed by atoms with E-state index in [0.29, 0.717) is 17.2 Å². The number of nitrogens with one attached hydrogen (secondary N) is 1. The summed E-state index contributed by atoms with van der Waals surface area (Å²) >= 11 is 6.06. The number of anilines is 1. The molecule has 0 aliphatic rings. The Hall–Kier alpha value is -1.26. The second-order valence-electron chi connectivity index (χ2n) is 4.72. The molecule has 0 bridgehead atoms. The zero-order valence-corrected chi connectivity index (χ0v) is 12.6. The van der Waals surface area contributed by atoms with Crippen LogP contribution in [0.1, 0.15) is 23.7 Å². The Balaban J connectivity index is 2.81. The minimum absolute atomic E-state index is 0.0989. The number of halogens is 1. The second-order valence-corrected chi connectivity index (χ2v) is 5.13. The van der Waals surface area contributed by atoms with Crippen LogP contribution in [-0.4, -0.2) is 44.7 Å². The molecule has 0 radical (unpaired) electrons. The summed E-state index contributed by atoms with van der Waals surface area (Å²) in [6.07, 6.45) is 0.899. The van der Waals surface area contributed by atoms with Crippen molar-refractivity contribution in [3.63, 3.8) is 0 Å². The molecule has 1 aromatic rings. The number of methoxy groups -OCH3 is 1. The van der Waals surface area contributed by atoms with E-state index in [1.54, 1.807) is 33.3 Å². The average molecular weight is 285 g/mol. The molecule has 1 amide bonds. The van der Waals surface area contributed by atoms with E-state index in [0.717, 1.165) is 12.1 Å². The summed E-state index contributed by atoms with van der Waals surface area (Å²) in [5, 5.41) is 3.80. The van der Waals surface area contributed by atoms with Gasteiger partial charge in [-0.1, -0.05) is 11.6 Å². The summed E-state index contributed by atoms with van der Waals surface area (Å²) in [6, 6.07) is 5.67. The number of hydrogen-bond donors (Lipinski definition) is 1. The summed E-state index contributed by atoms with van der Waals surface area (Å²) in [6.45, 7) is 2.77. The molecule has 1 rings (SSSR count). The Kier molecular flexibility index (Phi) is 6.12. The minimum Gasteiger partial charge on any atom is -0.385 e. The van der Waals surface area contributed by atoms with Crippen LogP contribution in [0.2, 0.25) is 5.02 Å². The van der Waals surface area contributed by atoms with Crippen LogP contribution in [0.3, 0.4) is 0 Å². The van der Waals surface area contributed by atoms with Gasteiger partial charge in [-0.2, -0.15) is 0 Å². The van der Waals surface area contributed by atoms with Gasteiger partial charge in [-0.05, 0) is 31.5 Å². The SMILES string of the molecule is COCCC(C)Nc1ccc(Cl)c(C(=O)N(C)C)c1. The highest BCUT2D eigenvalue weighted by molar-refractivity contribution is 6.34. The van der Waals surface area contributed by atoms with Crippen LogP contribution < -0.4 is 5.32 Å². The molecular weight excluding hydrogens is 264 g/mol. The molecule has 1 unspecified atom stereocenters. The Labute approximate surface area is 119 Å². The van der Waals surface area contributed by atoms with E-state index in [1.807, 2.05) is 6.07 Å². The van der Waals surface area contributed by atoms with Gasteiger partial charge in [0.1, 0.15) is 0 Å². The Morgan fingerprint density at radius 3 is 2.74 bits per heavy atom. The number of rotatable bonds is 6. The van der Waals surface area contributed by atoms with Crippen molar-refractivity contribution in [2.45, 2.75) is 19.4 Å². The molecule has 0 aliphatic heterocycles. The molecule has 0 heterocycles. The largest absolute Gasteiger partial charge is 0.385 e. The highest BCUT2D eigenvalue weighted by atomic mass is 35.5. The van der Waals surface area contributed by atoms with Gasteiger partial charge in [0.2, 0.25) is 0 Å². The van der Waals surface area contributed by atoms with E-state index < -0.39 is 0 Å². The van der Waals surface area contributed by atoms with Gasteiger partial charge in [-0.25, -0.2) is 0 Å². The van der Waals surface area contributed by atoms with Crippen molar-refractivity contribution >= 4 is 23.2 Å². The molecule has 4 nitrogen and oxygen atoms in total. The van der Waals surface area contributed by atoms with Crippen LogP contribution in [-0.2, 0) is 4.74 Å². The quantitative estimate of drug-likeness (QED) is 0.873. The summed E-state index contributed by atoms with van der Waals surface area (Å²) in [5.41, 5.74) is 1.40. The van der Waals surface area contributed by atoms with Crippen LogP contribution in [0, 0.1) is 0 Å². The Bertz CT molecular complexity index is 435. The molecule has 1 atom stereocenters. The van der Waals surface area contributed by atoms with E-state index in [1.165, 1.54) is 4.90 Å². The van der Waals surface area contributed by atoms with Crippen molar-refractivity contribution in [1.82, 2.24) is 4.90 Å². The number of nitrogens with zero attached hydrogens (tertiary/aromatic N) is 1. The number of carbonyl (C=O) groups is 1. The maximum Gasteiger partial charge on any atom is 0.254 e. The van der Waals surface area contributed by atoms with E-state index in [2.05, 4.69) is 12.2 Å². The van der Waals surface area contributed by atoms with Gasteiger partial charge in [-0.3, -0.25) is 4.79 Å². The first kappa shape index (κ1) is 15.8. The molecule has 0 spiro atoms. The van der Waals surface area contributed by atoms with Crippen LogP contribution in [0.15, 0.2) is 18.2 Å². The first-order chi connectivity index (χ1) is 8.95. The Morgan fingerprint density at radius 1 is 1.47 bits per heavy atom. The fourth-order valence-corrected chi connectivity index (χ4v) is 1.87. The van der Waals surface area contributed by atoms with Gasteiger partial charge in [0.25, 0.3) is 5.91 Å². The molecule has 1 aromatic carbocycles. The van der Waals surface area contributed by atoms with E-state index in [4.69, 9.17) is 16.3 Å². The third-order valence-corrected chi connectivity index (χ3v) is 3.10. The Morgan fingerprint density at radius 2 is 2.16 bits per heavy atom. The number of amides is 1. The van der Waals surface area contributed by atoms with Crippen molar-refractivity contribution in [1.29, 1.82) is 0 Å². The van der Waals surface area contributed by atoms with Gasteiger partial charge < -0.3 is 15.0 Å². The third kappa shape index (κ3) is 4.73. The normalized spacial score (nSPS) is 12.1. The first-order valence-corrected chi connectivity index (χ1v) is 6.60. The molecule has 19 heavy (non-hydrogen) atoms. The molecule has 106 valence electrons. The van der Waals surface area contributed by atoms with Gasteiger partial charge in [-0.15, -0.1) is 0 Å². The number of benzene rings is 1. The molecule has 0 saturated carbocycles.